The van der Waals surface area contributed by atoms with Crippen molar-refractivity contribution in [2.45, 2.75) is 25.0 Å². The van der Waals surface area contributed by atoms with E-state index in [9.17, 15) is 14.3 Å². The predicted octanol–water partition coefficient (Wildman–Crippen LogP) is 1.48. The molecule has 0 radical (unpaired) electrons. The van der Waals surface area contributed by atoms with E-state index in [-0.39, 0.29) is 17.4 Å². The number of aliphatic hydroxyl groups excluding tert-OH is 1. The summed E-state index contributed by atoms with van der Waals surface area (Å²) in [7, 11) is 0. The van der Waals surface area contributed by atoms with E-state index in [4.69, 9.17) is 9.84 Å². The Morgan fingerprint density at radius 3 is 2.75 bits per heavy atom. The average Bonchev–Trinajstić information content (AvgIpc) is 3.03. The summed E-state index contributed by atoms with van der Waals surface area (Å²) in [5.41, 5.74) is -0.0422. The zero-order chi connectivity index (χ0) is 11.7. The fourth-order valence-electron chi connectivity index (χ4n) is 1.34. The molecule has 4 nitrogen and oxygen atoms in total. The molecule has 0 heterocycles. The van der Waals surface area contributed by atoms with E-state index in [1.807, 2.05) is 0 Å². The number of halogens is 1. The standard InChI is InChI=1S/C11H11FO4/c12-6-1-4-9(16-7-2-3-7)8(5-6)10(13)11(14)15/h1,4-5,7,10,13H,2-3H2,(H,14,15). The molecule has 0 aliphatic heterocycles. The first kappa shape index (κ1) is 10.9. The molecule has 16 heavy (non-hydrogen) atoms. The highest BCUT2D eigenvalue weighted by atomic mass is 19.1. The molecule has 1 atom stereocenters. The van der Waals surface area contributed by atoms with Crippen LogP contribution in [0, 0.1) is 5.82 Å². The van der Waals surface area contributed by atoms with Crippen LogP contribution in [0.4, 0.5) is 4.39 Å². The number of aliphatic carboxylic acids is 1. The van der Waals surface area contributed by atoms with Crippen LogP contribution in [-0.4, -0.2) is 22.3 Å². The SMILES string of the molecule is O=C(O)C(O)c1cc(F)ccc1OC1CC1. The first-order valence-electron chi connectivity index (χ1n) is 4.95. The van der Waals surface area contributed by atoms with Gasteiger partial charge in [0.2, 0.25) is 0 Å². The fraction of sp³-hybridized carbons (Fsp3) is 0.364. The smallest absolute Gasteiger partial charge is 0.337 e. The van der Waals surface area contributed by atoms with Crippen LogP contribution >= 0.6 is 0 Å². The number of rotatable bonds is 4. The molecule has 1 unspecified atom stereocenters. The highest BCUT2D eigenvalue weighted by molar-refractivity contribution is 5.75. The number of carboxylic acid groups (broad SMARTS) is 1. The molecule has 0 saturated heterocycles. The molecule has 2 N–H and O–H groups in total. The third-order valence-electron chi connectivity index (χ3n) is 2.32. The Morgan fingerprint density at radius 2 is 2.19 bits per heavy atom. The molecule has 0 aromatic heterocycles. The Bertz CT molecular complexity index is 414. The highest BCUT2D eigenvalue weighted by Gasteiger charge is 2.27. The van der Waals surface area contributed by atoms with Crippen LogP contribution in [-0.2, 0) is 4.79 Å². The summed E-state index contributed by atoms with van der Waals surface area (Å²) in [5.74, 6) is -1.79. The predicted molar refractivity (Wildman–Crippen MR) is 52.6 cm³/mol. The topological polar surface area (TPSA) is 66.8 Å². The van der Waals surface area contributed by atoms with E-state index >= 15 is 0 Å². The van der Waals surface area contributed by atoms with E-state index in [0.29, 0.717) is 0 Å². The maximum absolute atomic E-state index is 13.0. The van der Waals surface area contributed by atoms with Gasteiger partial charge in [-0.05, 0) is 31.0 Å². The molecule has 1 aromatic carbocycles. The van der Waals surface area contributed by atoms with Gasteiger partial charge >= 0.3 is 5.97 Å². The lowest BCUT2D eigenvalue weighted by Crippen LogP contribution is -2.13. The van der Waals surface area contributed by atoms with Crippen molar-refractivity contribution in [1.82, 2.24) is 0 Å². The first-order valence-corrected chi connectivity index (χ1v) is 4.95. The van der Waals surface area contributed by atoms with E-state index in [2.05, 4.69) is 0 Å². The molecule has 1 aromatic rings. The van der Waals surface area contributed by atoms with Gasteiger partial charge in [-0.3, -0.25) is 0 Å². The lowest BCUT2D eigenvalue weighted by molar-refractivity contribution is -0.147. The molecular weight excluding hydrogens is 215 g/mol. The molecular formula is C11H11FO4. The maximum Gasteiger partial charge on any atom is 0.337 e. The number of carbonyl (C=O) groups is 1. The zero-order valence-electron chi connectivity index (χ0n) is 8.39. The molecule has 0 spiro atoms. The van der Waals surface area contributed by atoms with Gasteiger partial charge in [-0.1, -0.05) is 0 Å². The second kappa shape index (κ2) is 4.09. The number of carboxylic acids is 1. The van der Waals surface area contributed by atoms with Crippen LogP contribution in [0.2, 0.25) is 0 Å². The van der Waals surface area contributed by atoms with Crippen molar-refractivity contribution >= 4 is 5.97 Å². The van der Waals surface area contributed by atoms with Crippen molar-refractivity contribution in [2.24, 2.45) is 0 Å². The minimum absolute atomic E-state index is 0.0422. The quantitative estimate of drug-likeness (QED) is 0.816. The monoisotopic (exact) mass is 226 g/mol. The van der Waals surface area contributed by atoms with Crippen molar-refractivity contribution < 1.29 is 24.1 Å². The number of benzene rings is 1. The van der Waals surface area contributed by atoms with E-state index < -0.39 is 17.9 Å². The minimum atomic E-state index is -1.76. The van der Waals surface area contributed by atoms with Gasteiger partial charge < -0.3 is 14.9 Å². The molecule has 0 bridgehead atoms. The lowest BCUT2D eigenvalue weighted by Gasteiger charge is -2.13. The van der Waals surface area contributed by atoms with Crippen LogP contribution in [0.1, 0.15) is 24.5 Å². The molecule has 1 aliphatic rings. The van der Waals surface area contributed by atoms with Crippen molar-refractivity contribution in [3.05, 3.63) is 29.6 Å². The molecule has 1 saturated carbocycles. The number of ether oxygens (including phenoxy) is 1. The van der Waals surface area contributed by atoms with Crippen LogP contribution in [0.3, 0.4) is 0 Å². The van der Waals surface area contributed by atoms with Crippen molar-refractivity contribution in [3.8, 4) is 5.75 Å². The Labute approximate surface area is 91.3 Å². The third-order valence-corrected chi connectivity index (χ3v) is 2.32. The van der Waals surface area contributed by atoms with Gasteiger partial charge in [0, 0.05) is 5.56 Å². The van der Waals surface area contributed by atoms with Crippen molar-refractivity contribution in [2.75, 3.05) is 0 Å². The largest absolute Gasteiger partial charge is 0.490 e. The highest BCUT2D eigenvalue weighted by Crippen LogP contribution is 2.32. The van der Waals surface area contributed by atoms with Crippen molar-refractivity contribution in [3.63, 3.8) is 0 Å². The van der Waals surface area contributed by atoms with Crippen molar-refractivity contribution in [1.29, 1.82) is 0 Å². The van der Waals surface area contributed by atoms with E-state index in [1.54, 1.807) is 0 Å². The molecule has 5 heteroatoms. The summed E-state index contributed by atoms with van der Waals surface area (Å²) in [6.45, 7) is 0. The third kappa shape index (κ3) is 2.30. The summed E-state index contributed by atoms with van der Waals surface area (Å²) in [4.78, 5) is 10.6. The summed E-state index contributed by atoms with van der Waals surface area (Å²) in [6.07, 6.45) is 0.106. The summed E-state index contributed by atoms with van der Waals surface area (Å²) in [6, 6.07) is 3.50. The summed E-state index contributed by atoms with van der Waals surface area (Å²) in [5, 5.41) is 18.1. The zero-order valence-corrected chi connectivity index (χ0v) is 8.39. The number of hydrogen-bond donors (Lipinski definition) is 2. The van der Waals surface area contributed by atoms with Gasteiger partial charge in [0.05, 0.1) is 6.10 Å². The summed E-state index contributed by atoms with van der Waals surface area (Å²) < 4.78 is 18.4. The van der Waals surface area contributed by atoms with Gasteiger partial charge in [-0.25, -0.2) is 9.18 Å². The molecule has 0 amide bonds. The van der Waals surface area contributed by atoms with Gasteiger partial charge in [-0.2, -0.15) is 0 Å². The molecule has 86 valence electrons. The number of hydrogen-bond acceptors (Lipinski definition) is 3. The van der Waals surface area contributed by atoms with Gasteiger partial charge in [0.1, 0.15) is 11.6 Å². The normalized spacial score (nSPS) is 16.9. The Kier molecular flexibility index (Phi) is 2.78. The van der Waals surface area contributed by atoms with Crippen LogP contribution in [0.25, 0.3) is 0 Å². The second-order valence-electron chi connectivity index (χ2n) is 3.74. The summed E-state index contributed by atoms with van der Waals surface area (Å²) >= 11 is 0. The second-order valence-corrected chi connectivity index (χ2v) is 3.74. The van der Waals surface area contributed by atoms with Gasteiger partial charge in [0.25, 0.3) is 0 Å². The molecule has 2 rings (SSSR count). The fourth-order valence-corrected chi connectivity index (χ4v) is 1.34. The van der Waals surface area contributed by atoms with Crippen LogP contribution < -0.4 is 4.74 Å². The Hall–Kier alpha value is -1.62. The van der Waals surface area contributed by atoms with Crippen LogP contribution in [0.5, 0.6) is 5.75 Å². The minimum Gasteiger partial charge on any atom is -0.490 e. The van der Waals surface area contributed by atoms with Gasteiger partial charge in [0.15, 0.2) is 6.10 Å². The Morgan fingerprint density at radius 1 is 1.50 bits per heavy atom. The van der Waals surface area contributed by atoms with E-state index in [0.717, 1.165) is 18.9 Å². The average molecular weight is 226 g/mol. The lowest BCUT2D eigenvalue weighted by atomic mass is 10.1. The van der Waals surface area contributed by atoms with Crippen LogP contribution in [0.15, 0.2) is 18.2 Å². The van der Waals surface area contributed by atoms with E-state index in [1.165, 1.54) is 12.1 Å². The number of aliphatic hydroxyl groups is 1. The maximum atomic E-state index is 13.0. The first-order chi connectivity index (χ1) is 7.58. The van der Waals surface area contributed by atoms with Gasteiger partial charge in [-0.15, -0.1) is 0 Å². The molecule has 1 fully saturated rings. The molecule has 1 aliphatic carbocycles. The Balaban J connectivity index is 2.30.